The van der Waals surface area contributed by atoms with E-state index in [2.05, 4.69) is 5.32 Å². The van der Waals surface area contributed by atoms with E-state index in [1.165, 1.54) is 4.90 Å². The number of nitrogens with zero attached hydrogens (tertiary/aromatic N) is 1. The number of rotatable bonds is 6. The molecule has 0 spiro atoms. The SMILES string of the molecule is COCCOc1cccc(NC(=O)N(C)C2CCS(=O)(=O)C2)c1. The summed E-state index contributed by atoms with van der Waals surface area (Å²) in [5.41, 5.74) is 0.595. The van der Waals surface area contributed by atoms with Crippen LogP contribution in [-0.4, -0.2) is 64.3 Å². The van der Waals surface area contributed by atoms with Crippen molar-refractivity contribution in [1.29, 1.82) is 0 Å². The smallest absolute Gasteiger partial charge is 0.321 e. The van der Waals surface area contributed by atoms with E-state index in [0.717, 1.165) is 0 Å². The van der Waals surface area contributed by atoms with Gasteiger partial charge in [0, 0.05) is 32.0 Å². The summed E-state index contributed by atoms with van der Waals surface area (Å²) in [5, 5.41) is 2.76. The van der Waals surface area contributed by atoms with Gasteiger partial charge in [0.2, 0.25) is 0 Å². The van der Waals surface area contributed by atoms with E-state index >= 15 is 0 Å². The van der Waals surface area contributed by atoms with Crippen LogP contribution in [0.25, 0.3) is 0 Å². The highest BCUT2D eigenvalue weighted by molar-refractivity contribution is 7.91. The highest BCUT2D eigenvalue weighted by Crippen LogP contribution is 2.20. The summed E-state index contributed by atoms with van der Waals surface area (Å²) in [4.78, 5) is 13.7. The van der Waals surface area contributed by atoms with Crippen LogP contribution < -0.4 is 10.1 Å². The Morgan fingerprint density at radius 2 is 2.17 bits per heavy atom. The van der Waals surface area contributed by atoms with E-state index in [4.69, 9.17) is 9.47 Å². The van der Waals surface area contributed by atoms with E-state index in [1.54, 1.807) is 38.4 Å². The van der Waals surface area contributed by atoms with Gasteiger partial charge < -0.3 is 19.7 Å². The molecule has 0 aromatic heterocycles. The van der Waals surface area contributed by atoms with Crippen molar-refractivity contribution in [3.8, 4) is 5.75 Å². The zero-order valence-corrected chi connectivity index (χ0v) is 14.1. The first kappa shape index (κ1) is 17.6. The summed E-state index contributed by atoms with van der Waals surface area (Å²) in [6, 6.07) is 6.42. The molecule has 1 aromatic carbocycles. The van der Waals surface area contributed by atoms with Crippen LogP contribution in [0.3, 0.4) is 0 Å². The first-order valence-electron chi connectivity index (χ1n) is 7.37. The van der Waals surface area contributed by atoms with Gasteiger partial charge in [0.1, 0.15) is 12.4 Å². The van der Waals surface area contributed by atoms with Crippen LogP contribution in [0.15, 0.2) is 24.3 Å². The minimum Gasteiger partial charge on any atom is -0.491 e. The van der Waals surface area contributed by atoms with Crippen LogP contribution in [0.5, 0.6) is 5.75 Å². The van der Waals surface area contributed by atoms with Crippen LogP contribution in [0.1, 0.15) is 6.42 Å². The van der Waals surface area contributed by atoms with E-state index in [0.29, 0.717) is 31.1 Å². The van der Waals surface area contributed by atoms with E-state index < -0.39 is 9.84 Å². The van der Waals surface area contributed by atoms with E-state index in [9.17, 15) is 13.2 Å². The van der Waals surface area contributed by atoms with Gasteiger partial charge in [-0.1, -0.05) is 6.07 Å². The Labute approximate surface area is 136 Å². The van der Waals surface area contributed by atoms with Crippen molar-refractivity contribution in [2.75, 3.05) is 44.2 Å². The average molecular weight is 342 g/mol. The van der Waals surface area contributed by atoms with Gasteiger partial charge in [0.05, 0.1) is 18.1 Å². The van der Waals surface area contributed by atoms with Gasteiger partial charge in [0.15, 0.2) is 9.84 Å². The van der Waals surface area contributed by atoms with Crippen LogP contribution in [0.4, 0.5) is 10.5 Å². The third kappa shape index (κ3) is 5.11. The van der Waals surface area contributed by atoms with Gasteiger partial charge in [-0.25, -0.2) is 13.2 Å². The summed E-state index contributed by atoms with van der Waals surface area (Å²) in [6.07, 6.45) is 0.479. The van der Waals surface area contributed by atoms with Gasteiger partial charge in [-0.15, -0.1) is 0 Å². The second kappa shape index (κ2) is 7.65. The van der Waals surface area contributed by atoms with Crippen molar-refractivity contribution in [3.63, 3.8) is 0 Å². The van der Waals surface area contributed by atoms with Crippen LogP contribution in [0.2, 0.25) is 0 Å². The molecule has 1 aliphatic heterocycles. The Kier molecular flexibility index (Phi) is 5.84. The highest BCUT2D eigenvalue weighted by atomic mass is 32.2. The topological polar surface area (TPSA) is 84.9 Å². The molecule has 1 atom stereocenters. The number of benzene rings is 1. The van der Waals surface area contributed by atoms with Gasteiger partial charge in [0.25, 0.3) is 0 Å². The largest absolute Gasteiger partial charge is 0.491 e. The van der Waals surface area contributed by atoms with Crippen LogP contribution in [0, 0.1) is 0 Å². The number of hydrogen-bond donors (Lipinski definition) is 1. The number of carbonyl (C=O) groups excluding carboxylic acids is 1. The maximum absolute atomic E-state index is 12.2. The van der Waals surface area contributed by atoms with E-state index in [1.807, 2.05) is 0 Å². The molecule has 0 bridgehead atoms. The lowest BCUT2D eigenvalue weighted by atomic mass is 10.2. The molecule has 0 radical (unpaired) electrons. The van der Waals surface area contributed by atoms with Crippen LogP contribution >= 0.6 is 0 Å². The first-order chi connectivity index (χ1) is 10.9. The number of amides is 2. The fraction of sp³-hybridized carbons (Fsp3) is 0.533. The van der Waals surface area contributed by atoms with Gasteiger partial charge in [-0.05, 0) is 18.6 Å². The Hall–Kier alpha value is -1.80. The third-order valence-electron chi connectivity index (χ3n) is 3.72. The zero-order chi connectivity index (χ0) is 16.9. The standard InChI is InChI=1S/C15H22N2O5S/c1-17(13-6-9-23(19,20)11-13)15(18)16-12-4-3-5-14(10-12)22-8-7-21-2/h3-5,10,13H,6-9,11H2,1-2H3,(H,16,18). The summed E-state index contributed by atoms with van der Waals surface area (Å²) < 4.78 is 33.4. The van der Waals surface area contributed by atoms with Crippen LogP contribution in [-0.2, 0) is 14.6 Å². The normalized spacial score (nSPS) is 19.3. The van der Waals surface area contributed by atoms with Crippen molar-refractivity contribution in [1.82, 2.24) is 4.90 Å². The second-order valence-electron chi connectivity index (χ2n) is 5.47. The molecule has 1 aromatic rings. The molecule has 1 heterocycles. The lowest BCUT2D eigenvalue weighted by Crippen LogP contribution is -2.40. The number of ether oxygens (including phenoxy) is 2. The molecule has 23 heavy (non-hydrogen) atoms. The Bertz CT molecular complexity index is 647. The Morgan fingerprint density at radius 3 is 2.83 bits per heavy atom. The summed E-state index contributed by atoms with van der Waals surface area (Å²) in [6.45, 7) is 0.906. The lowest BCUT2D eigenvalue weighted by Gasteiger charge is -2.23. The molecule has 128 valence electrons. The monoisotopic (exact) mass is 342 g/mol. The Morgan fingerprint density at radius 1 is 1.39 bits per heavy atom. The van der Waals surface area contributed by atoms with Gasteiger partial charge >= 0.3 is 6.03 Å². The summed E-state index contributed by atoms with van der Waals surface area (Å²) >= 11 is 0. The van der Waals surface area contributed by atoms with Crippen molar-refractivity contribution < 1.29 is 22.7 Å². The van der Waals surface area contributed by atoms with Crippen molar-refractivity contribution in [3.05, 3.63) is 24.3 Å². The molecular formula is C15H22N2O5S. The van der Waals surface area contributed by atoms with Crippen molar-refractivity contribution >= 4 is 21.6 Å². The fourth-order valence-corrected chi connectivity index (χ4v) is 4.14. The van der Waals surface area contributed by atoms with Gasteiger partial charge in [-0.3, -0.25) is 0 Å². The molecule has 0 aliphatic carbocycles. The molecule has 0 saturated carbocycles. The number of methoxy groups -OCH3 is 1. The minimum absolute atomic E-state index is 0.0249. The minimum atomic E-state index is -3.02. The maximum Gasteiger partial charge on any atom is 0.321 e. The number of carbonyl (C=O) groups is 1. The number of nitrogens with one attached hydrogen (secondary N) is 1. The summed E-state index contributed by atoms with van der Waals surface area (Å²) in [5.74, 6) is 0.792. The van der Waals surface area contributed by atoms with Gasteiger partial charge in [-0.2, -0.15) is 0 Å². The molecule has 8 heteroatoms. The van der Waals surface area contributed by atoms with Crippen molar-refractivity contribution in [2.24, 2.45) is 0 Å². The summed E-state index contributed by atoms with van der Waals surface area (Å²) in [7, 11) is 0.187. The number of hydrogen-bond acceptors (Lipinski definition) is 5. The first-order valence-corrected chi connectivity index (χ1v) is 9.19. The fourth-order valence-electron chi connectivity index (χ4n) is 2.36. The zero-order valence-electron chi connectivity index (χ0n) is 13.3. The molecule has 1 fully saturated rings. The molecule has 1 N–H and O–H groups in total. The van der Waals surface area contributed by atoms with Crippen molar-refractivity contribution in [2.45, 2.75) is 12.5 Å². The molecule has 1 aliphatic rings. The maximum atomic E-state index is 12.2. The predicted octanol–water partition coefficient (Wildman–Crippen LogP) is 1.36. The number of sulfone groups is 1. The predicted molar refractivity (Wildman–Crippen MR) is 87.7 cm³/mol. The highest BCUT2D eigenvalue weighted by Gasteiger charge is 2.32. The molecular weight excluding hydrogens is 320 g/mol. The molecule has 7 nitrogen and oxygen atoms in total. The number of anilines is 1. The molecule has 2 amide bonds. The quantitative estimate of drug-likeness (QED) is 0.789. The Balaban J connectivity index is 1.93. The lowest BCUT2D eigenvalue weighted by molar-refractivity contribution is 0.146. The third-order valence-corrected chi connectivity index (χ3v) is 5.47. The van der Waals surface area contributed by atoms with E-state index in [-0.39, 0.29) is 23.6 Å². The molecule has 2 rings (SSSR count). The average Bonchev–Trinajstić information content (AvgIpc) is 2.87. The molecule has 1 unspecified atom stereocenters. The second-order valence-corrected chi connectivity index (χ2v) is 7.70. The molecule has 1 saturated heterocycles. The number of urea groups is 1.